The number of esters is 1. The van der Waals surface area contributed by atoms with Crippen LogP contribution >= 0.6 is 8.81 Å². The number of hydrogen-bond donors (Lipinski definition) is 2. The molecule has 0 aromatic rings. The zero-order valence-electron chi connectivity index (χ0n) is 8.00. The first kappa shape index (κ1) is 14.3. The first-order valence-electron chi connectivity index (χ1n) is 3.72. The Kier molecular flexibility index (Phi) is 10.7. The minimum Gasteiger partial charge on any atom is -0.462 e. The van der Waals surface area contributed by atoms with Gasteiger partial charge < -0.3 is 15.4 Å². The molecule has 0 aliphatic carbocycles. The fourth-order valence-electron chi connectivity index (χ4n) is 0.340. The van der Waals surface area contributed by atoms with Crippen molar-refractivity contribution in [1.82, 2.24) is 0 Å². The molecule has 0 aliphatic rings. The van der Waals surface area contributed by atoms with Crippen LogP contribution in [0.1, 0.15) is 20.8 Å². The molecule has 2 atom stereocenters. The highest BCUT2D eigenvalue weighted by Crippen LogP contribution is 1.90. The maximum absolute atomic E-state index is 10.6. The van der Waals surface area contributed by atoms with Crippen LogP contribution < -0.4 is 5.73 Å². The number of carbonyl (C=O) groups is 1. The first-order chi connectivity index (χ1) is 5.45. The summed E-state index contributed by atoms with van der Waals surface area (Å²) in [6, 6.07) is -0.507. The Morgan fingerprint density at radius 3 is 1.92 bits per heavy atom. The number of hydrogen-bond acceptors (Lipinski definition) is 4. The van der Waals surface area contributed by atoms with E-state index in [2.05, 4.69) is 0 Å². The van der Waals surface area contributed by atoms with Gasteiger partial charge in [0.2, 0.25) is 0 Å². The highest BCUT2D eigenvalue weighted by atomic mass is 31.1. The van der Waals surface area contributed by atoms with Crippen molar-refractivity contribution in [1.29, 1.82) is 0 Å². The van der Waals surface area contributed by atoms with Crippen molar-refractivity contribution in [2.75, 3.05) is 6.66 Å². The SMILES string of the molecule is CC(C)OC(=O)C(C)N.CPO. The van der Waals surface area contributed by atoms with Crippen molar-refractivity contribution in [3.63, 3.8) is 0 Å². The summed E-state index contributed by atoms with van der Waals surface area (Å²) in [6.45, 7) is 6.89. The van der Waals surface area contributed by atoms with E-state index in [9.17, 15) is 4.79 Å². The van der Waals surface area contributed by atoms with Gasteiger partial charge in [-0.15, -0.1) is 0 Å². The second kappa shape index (κ2) is 8.91. The van der Waals surface area contributed by atoms with Crippen molar-refractivity contribution in [3.05, 3.63) is 0 Å². The van der Waals surface area contributed by atoms with Crippen molar-refractivity contribution in [3.8, 4) is 0 Å². The summed E-state index contributed by atoms with van der Waals surface area (Å²) in [4.78, 5) is 18.2. The molecule has 0 radical (unpaired) electrons. The Bertz CT molecular complexity index is 117. The highest BCUT2D eigenvalue weighted by molar-refractivity contribution is 7.29. The summed E-state index contributed by atoms with van der Waals surface area (Å²) in [5.74, 6) is -0.343. The molecule has 0 fully saturated rings. The Balaban J connectivity index is 0. The van der Waals surface area contributed by atoms with E-state index in [-0.39, 0.29) is 20.9 Å². The molecular weight excluding hydrogens is 177 g/mol. The lowest BCUT2D eigenvalue weighted by Crippen LogP contribution is -2.30. The van der Waals surface area contributed by atoms with E-state index in [1.165, 1.54) is 0 Å². The van der Waals surface area contributed by atoms with Gasteiger partial charge in [-0.2, -0.15) is 0 Å². The maximum atomic E-state index is 10.6. The molecule has 74 valence electrons. The highest BCUT2D eigenvalue weighted by Gasteiger charge is 2.09. The molecule has 0 aliphatic heterocycles. The van der Waals surface area contributed by atoms with Gasteiger partial charge in [0.1, 0.15) is 6.04 Å². The van der Waals surface area contributed by atoms with Crippen LogP contribution in [0.15, 0.2) is 0 Å². The molecule has 4 nitrogen and oxygen atoms in total. The molecule has 0 saturated heterocycles. The van der Waals surface area contributed by atoms with Gasteiger partial charge in [0.15, 0.2) is 0 Å². The fourth-order valence-corrected chi connectivity index (χ4v) is 0.340. The van der Waals surface area contributed by atoms with E-state index in [1.54, 1.807) is 27.4 Å². The summed E-state index contributed by atoms with van der Waals surface area (Å²) in [5.41, 5.74) is 5.21. The Morgan fingerprint density at radius 2 is 1.83 bits per heavy atom. The standard InChI is InChI=1S/C6H13NO2.CH5OP/c1-4(2)9-6(8)5(3)7;1-3-2/h4-5H,7H2,1-3H3;2-3H,1H3. The number of nitrogens with two attached hydrogens (primary N) is 1. The molecule has 12 heavy (non-hydrogen) atoms. The number of rotatable bonds is 2. The average Bonchev–Trinajstić information content (AvgIpc) is 1.87. The lowest BCUT2D eigenvalue weighted by Gasteiger charge is -2.08. The van der Waals surface area contributed by atoms with E-state index < -0.39 is 6.04 Å². The van der Waals surface area contributed by atoms with Crippen LogP contribution in [0.5, 0.6) is 0 Å². The van der Waals surface area contributed by atoms with E-state index in [1.807, 2.05) is 0 Å². The Labute approximate surface area is 75.3 Å². The molecule has 0 aromatic carbocycles. The van der Waals surface area contributed by atoms with E-state index in [0.717, 1.165) is 0 Å². The Morgan fingerprint density at radius 1 is 1.50 bits per heavy atom. The average molecular weight is 195 g/mol. The van der Waals surface area contributed by atoms with Crippen molar-refractivity contribution >= 4 is 14.8 Å². The van der Waals surface area contributed by atoms with Gasteiger partial charge in [-0.25, -0.2) is 0 Å². The summed E-state index contributed by atoms with van der Waals surface area (Å²) in [7, 11) is 0.0833. The largest absolute Gasteiger partial charge is 0.462 e. The molecule has 0 spiro atoms. The second-order valence-electron chi connectivity index (χ2n) is 2.50. The first-order valence-corrected chi connectivity index (χ1v) is 5.17. The van der Waals surface area contributed by atoms with Gasteiger partial charge >= 0.3 is 5.97 Å². The minimum absolute atomic E-state index is 0.0662. The zero-order valence-corrected chi connectivity index (χ0v) is 9.00. The van der Waals surface area contributed by atoms with Crippen LogP contribution in [0.25, 0.3) is 0 Å². The number of carbonyl (C=O) groups excluding carboxylic acids is 1. The molecular formula is C7H18NO3P. The fraction of sp³-hybridized carbons (Fsp3) is 0.857. The van der Waals surface area contributed by atoms with Gasteiger partial charge in [0.25, 0.3) is 0 Å². The Hall–Kier alpha value is -0.180. The second-order valence-corrected chi connectivity index (χ2v) is 2.95. The van der Waals surface area contributed by atoms with Gasteiger partial charge in [-0.1, -0.05) is 0 Å². The molecule has 2 unspecified atom stereocenters. The molecule has 0 aromatic heterocycles. The lowest BCUT2D eigenvalue weighted by atomic mass is 10.4. The molecule has 0 saturated carbocycles. The van der Waals surface area contributed by atoms with Crippen LogP contribution in [0.3, 0.4) is 0 Å². The third kappa shape index (κ3) is 12.5. The lowest BCUT2D eigenvalue weighted by molar-refractivity contribution is -0.148. The summed E-state index contributed by atoms with van der Waals surface area (Å²) in [5, 5.41) is 0. The summed E-state index contributed by atoms with van der Waals surface area (Å²) in [6.07, 6.45) is -0.0662. The van der Waals surface area contributed by atoms with Crippen molar-refractivity contribution in [2.24, 2.45) is 5.73 Å². The van der Waals surface area contributed by atoms with Gasteiger partial charge in [-0.05, 0) is 27.4 Å². The van der Waals surface area contributed by atoms with Crippen molar-refractivity contribution in [2.45, 2.75) is 32.9 Å². The maximum Gasteiger partial charge on any atom is 0.322 e. The van der Waals surface area contributed by atoms with E-state index >= 15 is 0 Å². The van der Waals surface area contributed by atoms with Gasteiger partial charge in [0.05, 0.1) is 6.10 Å². The molecule has 0 heterocycles. The molecule has 0 amide bonds. The number of ether oxygens (including phenoxy) is 1. The molecule has 5 heteroatoms. The van der Waals surface area contributed by atoms with Crippen LogP contribution in [0.2, 0.25) is 0 Å². The third-order valence-corrected chi connectivity index (χ3v) is 0.724. The topological polar surface area (TPSA) is 72.5 Å². The molecule has 0 bridgehead atoms. The predicted molar refractivity (Wildman–Crippen MR) is 51.3 cm³/mol. The zero-order chi connectivity index (χ0) is 10.1. The summed E-state index contributed by atoms with van der Waals surface area (Å²) < 4.78 is 4.75. The van der Waals surface area contributed by atoms with Crippen LogP contribution in [-0.2, 0) is 9.53 Å². The van der Waals surface area contributed by atoms with Crippen LogP contribution in [0.4, 0.5) is 0 Å². The minimum atomic E-state index is -0.507. The summed E-state index contributed by atoms with van der Waals surface area (Å²) >= 11 is 0. The monoisotopic (exact) mass is 195 g/mol. The van der Waals surface area contributed by atoms with Crippen LogP contribution in [-0.4, -0.2) is 29.7 Å². The van der Waals surface area contributed by atoms with E-state index in [4.69, 9.17) is 15.4 Å². The van der Waals surface area contributed by atoms with E-state index in [0.29, 0.717) is 0 Å². The molecule has 0 rings (SSSR count). The smallest absolute Gasteiger partial charge is 0.322 e. The van der Waals surface area contributed by atoms with Crippen LogP contribution in [0, 0.1) is 0 Å². The quantitative estimate of drug-likeness (QED) is 0.496. The van der Waals surface area contributed by atoms with Crippen molar-refractivity contribution < 1.29 is 14.4 Å². The molecule has 3 N–H and O–H groups in total. The third-order valence-electron chi connectivity index (χ3n) is 0.724. The normalized spacial score (nSPS) is 12.6. The predicted octanol–water partition coefficient (Wildman–Crippen LogP) is 0.487. The van der Waals surface area contributed by atoms with Gasteiger partial charge in [0, 0.05) is 8.81 Å². The van der Waals surface area contributed by atoms with Gasteiger partial charge in [-0.3, -0.25) is 4.79 Å².